The quantitative estimate of drug-likeness (QED) is 0.182. The first-order chi connectivity index (χ1) is 24.7. The average molecular weight is 638 g/mol. The van der Waals surface area contributed by atoms with Crippen LogP contribution in [-0.4, -0.2) is 15.0 Å². The van der Waals surface area contributed by atoms with Gasteiger partial charge in [-0.2, -0.15) is 0 Å². The molecule has 0 radical (unpaired) electrons. The van der Waals surface area contributed by atoms with Gasteiger partial charge in [0.1, 0.15) is 0 Å². The van der Waals surface area contributed by atoms with E-state index in [0.29, 0.717) is 17.5 Å². The highest BCUT2D eigenvalue weighted by Gasteiger charge is 2.15. The lowest BCUT2D eigenvalue weighted by atomic mass is 9.95. The highest BCUT2D eigenvalue weighted by Crippen LogP contribution is 2.35. The summed E-state index contributed by atoms with van der Waals surface area (Å²) < 4.78 is 0. The van der Waals surface area contributed by atoms with Crippen LogP contribution in [0.5, 0.6) is 0 Å². The second kappa shape index (κ2) is 12.7. The summed E-state index contributed by atoms with van der Waals surface area (Å²) in [5, 5.41) is 4.75. The van der Waals surface area contributed by atoms with Crippen LogP contribution in [0.25, 0.3) is 89.1 Å². The van der Waals surface area contributed by atoms with Crippen molar-refractivity contribution in [1.29, 1.82) is 0 Å². The van der Waals surface area contributed by atoms with Crippen LogP contribution in [0.3, 0.4) is 0 Å². The third-order valence-electron chi connectivity index (χ3n) is 9.27. The summed E-state index contributed by atoms with van der Waals surface area (Å²) in [6.07, 6.45) is 0. The summed E-state index contributed by atoms with van der Waals surface area (Å²) in [7, 11) is 0. The summed E-state index contributed by atoms with van der Waals surface area (Å²) in [4.78, 5) is 15.2. The van der Waals surface area contributed by atoms with Crippen molar-refractivity contribution in [3.63, 3.8) is 0 Å². The zero-order valence-electron chi connectivity index (χ0n) is 27.2. The molecule has 0 amide bonds. The average Bonchev–Trinajstić information content (AvgIpc) is 3.21. The molecule has 50 heavy (non-hydrogen) atoms. The standard InChI is InChI=1S/C47H31N3/c1-4-13-32(14-5-1)36-23-24-39-28-37(25-26-38(39)27-36)35-20-12-21-41(29-35)46-48-45(34-17-8-3-9-18-34)49-47(50-46)42-30-40-19-10-11-22-43(40)44(31-42)33-15-6-2-7-16-33/h1-31H. The number of nitrogens with zero attached hydrogens (tertiary/aromatic N) is 3. The van der Waals surface area contributed by atoms with Crippen molar-refractivity contribution in [1.82, 2.24) is 15.0 Å². The summed E-state index contributed by atoms with van der Waals surface area (Å²) >= 11 is 0. The van der Waals surface area contributed by atoms with Crippen LogP contribution in [0.15, 0.2) is 188 Å². The van der Waals surface area contributed by atoms with Gasteiger partial charge in [-0.3, -0.25) is 0 Å². The molecule has 3 heteroatoms. The maximum Gasteiger partial charge on any atom is 0.164 e. The minimum atomic E-state index is 0.637. The second-order valence-electron chi connectivity index (χ2n) is 12.5. The Hall–Kier alpha value is -6.71. The van der Waals surface area contributed by atoms with E-state index in [1.807, 2.05) is 36.4 Å². The van der Waals surface area contributed by atoms with Crippen LogP contribution in [0, 0.1) is 0 Å². The third-order valence-corrected chi connectivity index (χ3v) is 9.27. The normalized spacial score (nSPS) is 11.2. The minimum Gasteiger partial charge on any atom is -0.208 e. The molecule has 0 saturated carbocycles. The van der Waals surface area contributed by atoms with E-state index in [1.54, 1.807) is 0 Å². The molecule has 1 aromatic heterocycles. The fraction of sp³-hybridized carbons (Fsp3) is 0. The zero-order valence-corrected chi connectivity index (χ0v) is 27.2. The van der Waals surface area contributed by atoms with Gasteiger partial charge in [-0.25, -0.2) is 15.0 Å². The summed E-state index contributed by atoms with van der Waals surface area (Å²) in [5.41, 5.74) is 9.83. The Bertz CT molecular complexity index is 2630. The van der Waals surface area contributed by atoms with Gasteiger partial charge < -0.3 is 0 Å². The summed E-state index contributed by atoms with van der Waals surface area (Å²) in [5.74, 6) is 1.92. The number of hydrogen-bond acceptors (Lipinski definition) is 3. The lowest BCUT2D eigenvalue weighted by Crippen LogP contribution is -2.00. The second-order valence-corrected chi connectivity index (χ2v) is 12.5. The molecule has 234 valence electrons. The topological polar surface area (TPSA) is 38.7 Å². The molecule has 0 unspecified atom stereocenters. The highest BCUT2D eigenvalue weighted by molar-refractivity contribution is 6.00. The first kappa shape index (κ1) is 29.4. The Kier molecular flexibility index (Phi) is 7.49. The first-order valence-electron chi connectivity index (χ1n) is 16.9. The van der Waals surface area contributed by atoms with E-state index in [1.165, 1.54) is 27.3 Å². The third kappa shape index (κ3) is 5.72. The van der Waals surface area contributed by atoms with Gasteiger partial charge >= 0.3 is 0 Å². The lowest BCUT2D eigenvalue weighted by molar-refractivity contribution is 1.07. The smallest absolute Gasteiger partial charge is 0.164 e. The number of hydrogen-bond donors (Lipinski definition) is 0. The Morgan fingerprint density at radius 2 is 0.700 bits per heavy atom. The Balaban J connectivity index is 1.16. The van der Waals surface area contributed by atoms with E-state index < -0.39 is 0 Å². The molecule has 0 atom stereocenters. The van der Waals surface area contributed by atoms with Crippen molar-refractivity contribution in [2.24, 2.45) is 0 Å². The van der Waals surface area contributed by atoms with Crippen molar-refractivity contribution in [2.75, 3.05) is 0 Å². The summed E-state index contributed by atoms with van der Waals surface area (Å²) in [6.45, 7) is 0. The van der Waals surface area contributed by atoms with E-state index in [9.17, 15) is 0 Å². The van der Waals surface area contributed by atoms with E-state index >= 15 is 0 Å². The molecule has 0 saturated heterocycles. The molecular formula is C47H31N3. The van der Waals surface area contributed by atoms with E-state index in [0.717, 1.165) is 44.3 Å². The van der Waals surface area contributed by atoms with Crippen molar-refractivity contribution < 1.29 is 0 Å². The molecule has 0 bridgehead atoms. The molecular weight excluding hydrogens is 607 g/mol. The first-order valence-corrected chi connectivity index (χ1v) is 16.9. The molecule has 0 N–H and O–H groups in total. The van der Waals surface area contributed by atoms with Crippen molar-refractivity contribution in [3.8, 4) is 67.5 Å². The number of benzene rings is 8. The molecule has 0 aliphatic rings. The summed E-state index contributed by atoms with van der Waals surface area (Å²) in [6, 6.07) is 65.9. The number of rotatable bonds is 6. The highest BCUT2D eigenvalue weighted by atomic mass is 15.0. The van der Waals surface area contributed by atoms with Gasteiger partial charge in [-0.15, -0.1) is 0 Å². The fourth-order valence-electron chi connectivity index (χ4n) is 6.72. The maximum absolute atomic E-state index is 5.14. The maximum atomic E-state index is 5.14. The van der Waals surface area contributed by atoms with Gasteiger partial charge in [-0.1, -0.05) is 158 Å². The molecule has 0 fully saturated rings. The zero-order chi connectivity index (χ0) is 33.3. The Morgan fingerprint density at radius 3 is 1.38 bits per heavy atom. The van der Waals surface area contributed by atoms with Gasteiger partial charge in [0, 0.05) is 16.7 Å². The van der Waals surface area contributed by atoms with Crippen LogP contribution in [0.4, 0.5) is 0 Å². The van der Waals surface area contributed by atoms with Crippen LogP contribution >= 0.6 is 0 Å². The minimum absolute atomic E-state index is 0.637. The van der Waals surface area contributed by atoms with E-state index in [2.05, 4.69) is 152 Å². The van der Waals surface area contributed by atoms with Crippen molar-refractivity contribution in [2.45, 2.75) is 0 Å². The monoisotopic (exact) mass is 637 g/mol. The van der Waals surface area contributed by atoms with Gasteiger partial charge in [-0.05, 0) is 85.3 Å². The van der Waals surface area contributed by atoms with Crippen molar-refractivity contribution in [3.05, 3.63) is 188 Å². The Labute approximate surface area is 291 Å². The molecule has 1 heterocycles. The molecule has 0 aliphatic heterocycles. The van der Waals surface area contributed by atoms with Gasteiger partial charge in [0.2, 0.25) is 0 Å². The SMILES string of the molecule is c1ccc(-c2ccc3cc(-c4cccc(-c5nc(-c6ccccc6)nc(-c6cc(-c7ccccc7)c7ccccc7c6)n5)c4)ccc3c2)cc1. The number of fused-ring (bicyclic) bond motifs is 2. The van der Waals surface area contributed by atoms with E-state index in [4.69, 9.17) is 15.0 Å². The predicted octanol–water partition coefficient (Wildman–Crippen LogP) is 12.2. The fourth-order valence-corrected chi connectivity index (χ4v) is 6.72. The molecule has 0 aliphatic carbocycles. The van der Waals surface area contributed by atoms with Gasteiger partial charge in [0.05, 0.1) is 0 Å². The molecule has 8 aromatic carbocycles. The molecule has 9 rings (SSSR count). The van der Waals surface area contributed by atoms with Crippen LogP contribution in [0.1, 0.15) is 0 Å². The Morgan fingerprint density at radius 1 is 0.240 bits per heavy atom. The van der Waals surface area contributed by atoms with Crippen molar-refractivity contribution >= 4 is 21.5 Å². The predicted molar refractivity (Wildman–Crippen MR) is 207 cm³/mol. The van der Waals surface area contributed by atoms with Crippen LogP contribution < -0.4 is 0 Å². The largest absolute Gasteiger partial charge is 0.208 e. The molecule has 3 nitrogen and oxygen atoms in total. The van der Waals surface area contributed by atoms with Crippen LogP contribution in [-0.2, 0) is 0 Å². The molecule has 0 spiro atoms. The van der Waals surface area contributed by atoms with Gasteiger partial charge in [0.15, 0.2) is 17.5 Å². The van der Waals surface area contributed by atoms with E-state index in [-0.39, 0.29) is 0 Å². The van der Waals surface area contributed by atoms with Crippen LogP contribution in [0.2, 0.25) is 0 Å². The van der Waals surface area contributed by atoms with Gasteiger partial charge in [0.25, 0.3) is 0 Å². The lowest BCUT2D eigenvalue weighted by Gasteiger charge is -2.13. The molecule has 9 aromatic rings. The number of aromatic nitrogens is 3.